The van der Waals surface area contributed by atoms with Crippen LogP contribution in [0.2, 0.25) is 5.02 Å². The molecule has 2 N–H and O–H groups in total. The summed E-state index contributed by atoms with van der Waals surface area (Å²) in [4.78, 5) is 4.56. The Bertz CT molecular complexity index is 370. The van der Waals surface area contributed by atoms with E-state index < -0.39 is 0 Å². The van der Waals surface area contributed by atoms with Crippen LogP contribution in [0.25, 0.3) is 0 Å². The zero-order chi connectivity index (χ0) is 12.1. The van der Waals surface area contributed by atoms with Crippen LogP contribution >= 0.6 is 11.6 Å². The van der Waals surface area contributed by atoms with Gasteiger partial charge in [0.05, 0.1) is 33.0 Å². The fourth-order valence-electron chi connectivity index (χ4n) is 1.37. The normalized spacial score (nSPS) is 10.1. The third kappa shape index (κ3) is 2.32. The maximum Gasteiger partial charge on any atom is 0.180 e. The molecule has 16 heavy (non-hydrogen) atoms. The summed E-state index contributed by atoms with van der Waals surface area (Å²) in [6.45, 7) is 0.127. The van der Waals surface area contributed by atoms with E-state index in [-0.39, 0.29) is 6.61 Å². The van der Waals surface area contributed by atoms with E-state index in [4.69, 9.17) is 31.7 Å². The maximum absolute atomic E-state index is 6.13. The van der Waals surface area contributed by atoms with Crippen LogP contribution in [0.1, 0.15) is 5.56 Å². The highest BCUT2D eigenvalue weighted by Crippen LogP contribution is 2.42. The summed E-state index contributed by atoms with van der Waals surface area (Å²) in [6, 6.07) is 1.67. The highest BCUT2D eigenvalue weighted by molar-refractivity contribution is 6.33. The highest BCUT2D eigenvalue weighted by atomic mass is 35.5. The average Bonchev–Trinajstić information content (AvgIpc) is 2.31. The number of hydrogen-bond donors (Lipinski definition) is 1. The Balaban J connectivity index is 3.36. The van der Waals surface area contributed by atoms with E-state index in [9.17, 15) is 0 Å². The minimum absolute atomic E-state index is 0.127. The van der Waals surface area contributed by atoms with E-state index in [1.807, 2.05) is 0 Å². The molecule has 0 spiro atoms. The Morgan fingerprint density at radius 2 is 1.75 bits per heavy atom. The summed E-state index contributed by atoms with van der Waals surface area (Å²) in [7, 11) is 4.55. The van der Waals surface area contributed by atoms with Crippen LogP contribution in [0.15, 0.2) is 6.07 Å². The standard InChI is InChI=1S/C10H14ClNO4/c1-13-7-4-8(14-2)10(15-3)9(11)6(7)5-16-12/h4H,5,12H2,1-3H3. The van der Waals surface area contributed by atoms with E-state index in [2.05, 4.69) is 4.84 Å². The zero-order valence-corrected chi connectivity index (χ0v) is 10.1. The van der Waals surface area contributed by atoms with Crippen molar-refractivity contribution >= 4 is 11.6 Å². The summed E-state index contributed by atoms with van der Waals surface area (Å²) in [5.41, 5.74) is 0.615. The van der Waals surface area contributed by atoms with Crippen LogP contribution in [0.5, 0.6) is 17.2 Å². The lowest BCUT2D eigenvalue weighted by molar-refractivity contribution is 0.122. The molecule has 90 valence electrons. The molecular weight excluding hydrogens is 234 g/mol. The summed E-state index contributed by atoms with van der Waals surface area (Å²) < 4.78 is 15.4. The molecule has 0 heterocycles. The van der Waals surface area contributed by atoms with Gasteiger partial charge in [-0.25, -0.2) is 5.90 Å². The van der Waals surface area contributed by atoms with Gasteiger partial charge in [-0.15, -0.1) is 0 Å². The van der Waals surface area contributed by atoms with Crippen LogP contribution < -0.4 is 20.1 Å². The minimum Gasteiger partial charge on any atom is -0.496 e. The van der Waals surface area contributed by atoms with Crippen LogP contribution in [-0.2, 0) is 11.4 Å². The fourth-order valence-corrected chi connectivity index (χ4v) is 1.68. The summed E-state index contributed by atoms with van der Waals surface area (Å²) in [6.07, 6.45) is 0. The Morgan fingerprint density at radius 3 is 2.19 bits per heavy atom. The average molecular weight is 248 g/mol. The monoisotopic (exact) mass is 247 g/mol. The van der Waals surface area contributed by atoms with Crippen LogP contribution in [0.4, 0.5) is 0 Å². The molecule has 1 aromatic carbocycles. The van der Waals surface area contributed by atoms with Crippen molar-refractivity contribution in [1.82, 2.24) is 0 Å². The lowest BCUT2D eigenvalue weighted by Gasteiger charge is -2.15. The number of benzene rings is 1. The molecule has 0 aliphatic heterocycles. The van der Waals surface area contributed by atoms with Gasteiger partial charge in [0.2, 0.25) is 0 Å². The second-order valence-corrected chi connectivity index (χ2v) is 3.30. The Morgan fingerprint density at radius 1 is 1.12 bits per heavy atom. The molecule has 0 saturated heterocycles. The molecule has 0 unspecified atom stereocenters. The Hall–Kier alpha value is -1.17. The van der Waals surface area contributed by atoms with Crippen molar-refractivity contribution in [3.63, 3.8) is 0 Å². The summed E-state index contributed by atoms with van der Waals surface area (Å²) in [5, 5.41) is 0.365. The van der Waals surface area contributed by atoms with Gasteiger partial charge in [-0.3, -0.25) is 4.84 Å². The molecule has 0 aliphatic carbocycles. The number of halogens is 1. The zero-order valence-electron chi connectivity index (χ0n) is 9.37. The second kappa shape index (κ2) is 5.79. The molecule has 6 heteroatoms. The number of rotatable bonds is 5. The van der Waals surface area contributed by atoms with Crippen LogP contribution in [0.3, 0.4) is 0 Å². The third-order valence-corrected chi connectivity index (χ3v) is 2.52. The summed E-state index contributed by atoms with van der Waals surface area (Å²) >= 11 is 6.13. The lowest BCUT2D eigenvalue weighted by atomic mass is 10.2. The molecule has 1 rings (SSSR count). The van der Waals surface area contributed by atoms with Crippen molar-refractivity contribution in [2.24, 2.45) is 5.90 Å². The SMILES string of the molecule is COc1cc(OC)c(OC)c(Cl)c1CON. The molecule has 0 fully saturated rings. The smallest absolute Gasteiger partial charge is 0.180 e. The Labute approximate surface area is 98.9 Å². The van der Waals surface area contributed by atoms with E-state index in [1.165, 1.54) is 21.3 Å². The van der Waals surface area contributed by atoms with Gasteiger partial charge in [0.15, 0.2) is 11.5 Å². The van der Waals surface area contributed by atoms with Gasteiger partial charge in [0.1, 0.15) is 5.75 Å². The van der Waals surface area contributed by atoms with Gasteiger partial charge in [-0.1, -0.05) is 11.6 Å². The molecule has 0 aliphatic rings. The highest BCUT2D eigenvalue weighted by Gasteiger charge is 2.18. The van der Waals surface area contributed by atoms with Crippen molar-refractivity contribution in [3.8, 4) is 17.2 Å². The fraction of sp³-hybridized carbons (Fsp3) is 0.400. The number of nitrogens with two attached hydrogens (primary N) is 1. The van der Waals surface area contributed by atoms with Crippen molar-refractivity contribution < 1.29 is 19.0 Å². The van der Waals surface area contributed by atoms with Gasteiger partial charge in [0, 0.05) is 11.6 Å². The maximum atomic E-state index is 6.13. The van der Waals surface area contributed by atoms with E-state index >= 15 is 0 Å². The molecule has 0 amide bonds. The molecule has 1 aromatic rings. The first-order valence-corrected chi connectivity index (χ1v) is 4.86. The van der Waals surface area contributed by atoms with E-state index in [0.717, 1.165) is 0 Å². The first-order chi connectivity index (χ1) is 7.69. The second-order valence-electron chi connectivity index (χ2n) is 2.92. The quantitative estimate of drug-likeness (QED) is 0.804. The number of ether oxygens (including phenoxy) is 3. The molecule has 5 nitrogen and oxygen atoms in total. The van der Waals surface area contributed by atoms with Gasteiger partial charge in [-0.2, -0.15) is 0 Å². The van der Waals surface area contributed by atoms with E-state index in [1.54, 1.807) is 6.07 Å². The van der Waals surface area contributed by atoms with Gasteiger partial charge >= 0.3 is 0 Å². The largest absolute Gasteiger partial charge is 0.496 e. The predicted molar refractivity (Wildman–Crippen MR) is 60.1 cm³/mol. The number of methoxy groups -OCH3 is 3. The van der Waals surface area contributed by atoms with Gasteiger partial charge < -0.3 is 14.2 Å². The minimum atomic E-state index is 0.127. The molecule has 0 atom stereocenters. The van der Waals surface area contributed by atoms with Crippen molar-refractivity contribution in [3.05, 3.63) is 16.7 Å². The molecular formula is C10H14ClNO4. The van der Waals surface area contributed by atoms with Crippen molar-refractivity contribution in [2.75, 3.05) is 21.3 Å². The van der Waals surface area contributed by atoms with Crippen molar-refractivity contribution in [1.29, 1.82) is 0 Å². The molecule has 0 radical (unpaired) electrons. The summed E-state index contributed by atoms with van der Waals surface area (Å²) in [5.74, 6) is 6.48. The topological polar surface area (TPSA) is 62.9 Å². The molecule has 0 saturated carbocycles. The van der Waals surface area contributed by atoms with Crippen LogP contribution in [-0.4, -0.2) is 21.3 Å². The third-order valence-electron chi connectivity index (χ3n) is 2.12. The molecule has 0 bridgehead atoms. The lowest BCUT2D eigenvalue weighted by Crippen LogP contribution is -2.04. The first-order valence-electron chi connectivity index (χ1n) is 4.48. The van der Waals surface area contributed by atoms with Crippen molar-refractivity contribution in [2.45, 2.75) is 6.61 Å². The van der Waals surface area contributed by atoms with E-state index in [0.29, 0.717) is 27.8 Å². The Kier molecular flexibility index (Phi) is 4.67. The van der Waals surface area contributed by atoms with Crippen LogP contribution in [0, 0.1) is 0 Å². The molecule has 0 aromatic heterocycles. The van der Waals surface area contributed by atoms with Gasteiger partial charge in [0.25, 0.3) is 0 Å². The van der Waals surface area contributed by atoms with Gasteiger partial charge in [-0.05, 0) is 0 Å². The first kappa shape index (κ1) is 12.9. The number of hydrogen-bond acceptors (Lipinski definition) is 5. The predicted octanol–water partition coefficient (Wildman–Crippen LogP) is 1.76.